The third-order valence-corrected chi connectivity index (χ3v) is 4.83. The van der Waals surface area contributed by atoms with Crippen molar-refractivity contribution in [2.24, 2.45) is 0 Å². The SMILES string of the molecule is CN(CC[N@@+](C)(Cc1ccccn1)Cc1cccc[nH+]1)Cc1cccc[nH+]1.[O-][Cl+3]([O-])([O-])[O-].[O-][Cl+3]([O-])([O-])[O-].[O-][Cl+3]([O-])([O-])[O-]. The fourth-order valence-electron chi connectivity index (χ4n) is 3.35. The molecule has 0 aromatic carbocycles. The Hall–Kier alpha value is -2.24. The topological polar surface area (TPSA) is 321 Å². The Balaban J connectivity index is 0.000000926. The molecule has 17 nitrogen and oxygen atoms in total. The molecule has 0 fully saturated rings. The Morgan fingerprint density at radius 1 is 0.667 bits per heavy atom. The number of nitrogens with zero attached hydrogens (tertiary/aromatic N) is 3. The van der Waals surface area contributed by atoms with Crippen LogP contribution in [0.4, 0.5) is 0 Å². The number of H-pyrrole nitrogens is 2. The van der Waals surface area contributed by atoms with Gasteiger partial charge in [-0.1, -0.05) is 12.1 Å². The Labute approximate surface area is 247 Å². The number of aromatic amines is 2. The van der Waals surface area contributed by atoms with Crippen LogP contribution in [-0.4, -0.2) is 41.6 Å². The number of hydrogen-bond donors (Lipinski definition) is 0. The molecule has 0 radical (unpaired) electrons. The summed E-state index contributed by atoms with van der Waals surface area (Å²) >= 11 is 0. The van der Waals surface area contributed by atoms with Gasteiger partial charge >= 0.3 is 0 Å². The van der Waals surface area contributed by atoms with Crippen LogP contribution in [0.5, 0.6) is 0 Å². The minimum Gasteiger partial charge on any atom is -0.311 e. The summed E-state index contributed by atoms with van der Waals surface area (Å²) in [6.45, 7) is 4.83. The van der Waals surface area contributed by atoms with Gasteiger partial charge in [0.2, 0.25) is 5.69 Å². The number of aromatic nitrogens is 3. The van der Waals surface area contributed by atoms with Crippen molar-refractivity contribution in [3.8, 4) is 0 Å². The molecular weight excluding hydrogens is 633 g/mol. The van der Waals surface area contributed by atoms with Crippen LogP contribution in [0, 0.1) is 30.7 Å². The zero-order chi connectivity index (χ0) is 32.5. The van der Waals surface area contributed by atoms with Crippen molar-refractivity contribution in [1.29, 1.82) is 0 Å². The van der Waals surface area contributed by atoms with Gasteiger partial charge < -0.3 is 4.48 Å². The number of halogens is 3. The van der Waals surface area contributed by atoms with E-state index in [4.69, 9.17) is 55.9 Å². The van der Waals surface area contributed by atoms with Crippen molar-refractivity contribution in [2.75, 3.05) is 27.2 Å². The van der Waals surface area contributed by atoms with Gasteiger partial charge in [0.15, 0.2) is 24.6 Å². The van der Waals surface area contributed by atoms with E-state index in [1.165, 1.54) is 11.4 Å². The van der Waals surface area contributed by atoms with E-state index < -0.39 is 30.7 Å². The summed E-state index contributed by atoms with van der Waals surface area (Å²) < 4.78 is 103. The average molecular weight is 663 g/mol. The van der Waals surface area contributed by atoms with Crippen LogP contribution in [0.1, 0.15) is 17.1 Å². The van der Waals surface area contributed by atoms with Gasteiger partial charge in [-0.05, 0) is 25.2 Å². The number of likely N-dealkylation sites (N-methyl/N-ethyl adjacent to an activating group) is 2. The molecule has 0 bridgehead atoms. The van der Waals surface area contributed by atoms with Gasteiger partial charge in [0.25, 0.3) is 0 Å². The zero-order valence-corrected chi connectivity index (χ0v) is 24.6. The number of rotatable bonds is 9. The first-order valence-electron chi connectivity index (χ1n) is 11.3. The maximum absolute atomic E-state index is 8.49. The molecule has 2 N–H and O–H groups in total. The molecule has 0 spiro atoms. The number of nitrogens with one attached hydrogen (secondary N) is 2. The maximum atomic E-state index is 8.49. The fraction of sp³-hybridized carbons (Fsp3) is 0.318. The van der Waals surface area contributed by atoms with Crippen LogP contribution in [-0.2, 0) is 19.6 Å². The minimum absolute atomic E-state index is 0.903. The van der Waals surface area contributed by atoms with Gasteiger partial charge in [-0.25, -0.2) is 65.9 Å². The lowest BCUT2D eigenvalue weighted by atomic mass is 10.2. The first-order valence-corrected chi connectivity index (χ1v) is 15.0. The van der Waals surface area contributed by atoms with Crippen molar-refractivity contribution in [1.82, 2.24) is 9.88 Å². The molecule has 3 aromatic heterocycles. The molecule has 3 rings (SSSR count). The largest absolute Gasteiger partial charge is 0.311 e. The van der Waals surface area contributed by atoms with Crippen LogP contribution in [0.15, 0.2) is 73.2 Å². The highest BCUT2D eigenvalue weighted by Gasteiger charge is 2.26. The summed E-state index contributed by atoms with van der Waals surface area (Å²) in [7, 11) is -10.3. The van der Waals surface area contributed by atoms with Gasteiger partial charge in [-0.15, -0.1) is 30.7 Å². The molecule has 3 heterocycles. The van der Waals surface area contributed by atoms with Crippen LogP contribution in [0.3, 0.4) is 0 Å². The predicted octanol–water partition coefficient (Wildman–Crippen LogP) is -12.3. The Morgan fingerprint density at radius 3 is 1.52 bits per heavy atom. The molecule has 236 valence electrons. The normalized spacial score (nSPS) is 12.9. The molecule has 0 aliphatic heterocycles. The average Bonchev–Trinajstić information content (AvgIpc) is 2.82. The summed E-state index contributed by atoms with van der Waals surface area (Å²) in [4.78, 5) is 13.6. The van der Waals surface area contributed by atoms with Gasteiger partial charge in [0, 0.05) is 37.0 Å². The van der Waals surface area contributed by atoms with Crippen molar-refractivity contribution < 1.29 is 101 Å². The number of hydrogen-bond acceptors (Lipinski definition) is 14. The third-order valence-electron chi connectivity index (χ3n) is 4.83. The van der Waals surface area contributed by atoms with Crippen molar-refractivity contribution in [3.05, 3.63) is 90.3 Å². The van der Waals surface area contributed by atoms with Crippen molar-refractivity contribution in [3.63, 3.8) is 0 Å². The lowest BCUT2D eigenvalue weighted by Crippen LogP contribution is -2.68. The molecule has 0 amide bonds. The van der Waals surface area contributed by atoms with Crippen LogP contribution >= 0.6 is 0 Å². The van der Waals surface area contributed by atoms with Gasteiger partial charge in [-0.3, -0.25) is 9.88 Å². The molecule has 0 aliphatic carbocycles. The third kappa shape index (κ3) is 29.3. The standard InChI is InChI=1S/C22H28N5.3ClHO4/c1-26(17-20-9-3-6-12-23-20)15-16-27(2,18-21-10-4-7-13-24-21)19-22-11-5-8-14-25-22;3*2-1(3,4)5/h3-14H,15-19H2,1-2H3;3*(H,2,3,4,5)/q+1;;;/p-1. The van der Waals surface area contributed by atoms with Crippen molar-refractivity contribution in [2.45, 2.75) is 19.6 Å². The van der Waals surface area contributed by atoms with Crippen LogP contribution in [0.25, 0.3) is 0 Å². The molecule has 20 heteroatoms. The monoisotopic (exact) mass is 661 g/mol. The Kier molecular flexibility index (Phi) is 18.1. The summed E-state index contributed by atoms with van der Waals surface area (Å²) in [5.74, 6) is 0. The van der Waals surface area contributed by atoms with E-state index in [0.717, 1.165) is 42.9 Å². The van der Waals surface area contributed by atoms with E-state index in [0.29, 0.717) is 0 Å². The Bertz CT molecular complexity index is 1010. The molecule has 3 aromatic rings. The van der Waals surface area contributed by atoms with E-state index in [1.807, 2.05) is 36.8 Å². The summed E-state index contributed by atoms with van der Waals surface area (Å²) in [6.07, 6.45) is 5.86. The zero-order valence-electron chi connectivity index (χ0n) is 22.3. The van der Waals surface area contributed by atoms with E-state index in [1.54, 1.807) is 0 Å². The highest BCUT2D eigenvalue weighted by Crippen LogP contribution is 2.14. The first kappa shape index (κ1) is 39.8. The van der Waals surface area contributed by atoms with Gasteiger partial charge in [0.1, 0.15) is 6.54 Å². The lowest BCUT2D eigenvalue weighted by molar-refractivity contribution is -2.00. The molecule has 0 unspecified atom stereocenters. The van der Waals surface area contributed by atoms with Crippen LogP contribution in [0.2, 0.25) is 0 Å². The second-order valence-electron chi connectivity index (χ2n) is 8.63. The van der Waals surface area contributed by atoms with Crippen molar-refractivity contribution >= 4 is 0 Å². The highest BCUT2D eigenvalue weighted by atomic mass is 35.7. The molecule has 0 saturated carbocycles. The highest BCUT2D eigenvalue weighted by molar-refractivity contribution is 5.02. The van der Waals surface area contributed by atoms with Gasteiger partial charge in [-0.2, -0.15) is 0 Å². The van der Waals surface area contributed by atoms with E-state index in [2.05, 4.69) is 70.3 Å². The van der Waals surface area contributed by atoms with E-state index in [9.17, 15) is 0 Å². The molecule has 0 saturated heterocycles. The molecular formula is C22H30Cl3N5O12. The van der Waals surface area contributed by atoms with Crippen LogP contribution < -0.4 is 65.9 Å². The molecule has 0 aliphatic rings. The predicted molar refractivity (Wildman–Crippen MR) is 105 cm³/mol. The number of pyridine rings is 3. The molecule has 1 atom stereocenters. The smallest absolute Gasteiger partial charge is 0.234 e. The minimum atomic E-state index is -4.94. The first-order chi connectivity index (χ1) is 19.1. The summed E-state index contributed by atoms with van der Waals surface area (Å²) in [5, 5.41) is 0. The lowest BCUT2D eigenvalue weighted by Gasteiger charge is -2.34. The second kappa shape index (κ2) is 19.1. The molecule has 42 heavy (non-hydrogen) atoms. The fourth-order valence-corrected chi connectivity index (χ4v) is 3.35. The van der Waals surface area contributed by atoms with E-state index in [-0.39, 0.29) is 0 Å². The second-order valence-corrected chi connectivity index (χ2v) is 10.9. The maximum Gasteiger partial charge on any atom is 0.234 e. The number of quaternary nitrogens is 1. The Morgan fingerprint density at radius 2 is 1.12 bits per heavy atom. The van der Waals surface area contributed by atoms with E-state index >= 15 is 0 Å². The summed E-state index contributed by atoms with van der Waals surface area (Å²) in [5.41, 5.74) is 3.61. The summed E-state index contributed by atoms with van der Waals surface area (Å²) in [6, 6.07) is 18.7. The van der Waals surface area contributed by atoms with Gasteiger partial charge in [0.05, 0.1) is 25.8 Å². The quantitative estimate of drug-likeness (QED) is 0.192.